The number of nitrogens with zero attached hydrogens (tertiary/aromatic N) is 3. The van der Waals surface area contributed by atoms with Crippen molar-refractivity contribution in [2.75, 3.05) is 54.4 Å². The normalized spacial score (nSPS) is 11.1. The second-order valence-electron chi connectivity index (χ2n) is 5.59. The summed E-state index contributed by atoms with van der Waals surface area (Å²) in [5, 5.41) is 8.66. The van der Waals surface area contributed by atoms with Gasteiger partial charge in [-0.05, 0) is 54.1 Å². The van der Waals surface area contributed by atoms with E-state index in [0.29, 0.717) is 13.1 Å². The molecule has 0 saturated carbocycles. The zero-order chi connectivity index (χ0) is 15.5. The first-order valence-electron chi connectivity index (χ1n) is 7.12. The van der Waals surface area contributed by atoms with Gasteiger partial charge in [-0.2, -0.15) is 0 Å². The highest BCUT2D eigenvalue weighted by Crippen LogP contribution is 2.02. The molecule has 118 valence electrons. The van der Waals surface area contributed by atoms with Crippen LogP contribution in [0.15, 0.2) is 0 Å². The van der Waals surface area contributed by atoms with Gasteiger partial charge >= 0.3 is 5.97 Å². The number of carbonyl (C=O) groups is 2. The number of hydrogen-bond acceptors (Lipinski definition) is 4. The summed E-state index contributed by atoms with van der Waals surface area (Å²) in [7, 11) is 8.01. The van der Waals surface area contributed by atoms with E-state index in [1.807, 2.05) is 28.2 Å². The molecule has 6 nitrogen and oxygen atoms in total. The van der Waals surface area contributed by atoms with E-state index in [2.05, 4.69) is 9.80 Å². The highest BCUT2D eigenvalue weighted by atomic mass is 16.4. The Balaban J connectivity index is 4.21. The summed E-state index contributed by atoms with van der Waals surface area (Å²) in [5.74, 6) is -0.968. The van der Waals surface area contributed by atoms with Crippen LogP contribution in [0, 0.1) is 0 Å². The predicted octanol–water partition coefficient (Wildman–Crippen LogP) is 0.583. The Kier molecular flexibility index (Phi) is 10.0. The van der Waals surface area contributed by atoms with E-state index >= 15 is 0 Å². The van der Waals surface area contributed by atoms with Crippen molar-refractivity contribution in [1.82, 2.24) is 14.7 Å². The Hall–Kier alpha value is -1.14. The Morgan fingerprint density at radius 1 is 0.800 bits per heavy atom. The molecular formula is C14H29N3O3. The van der Waals surface area contributed by atoms with Crippen molar-refractivity contribution in [3.05, 3.63) is 0 Å². The molecule has 0 aliphatic carbocycles. The molecule has 0 spiro atoms. The molecule has 0 bridgehead atoms. The third-order valence-electron chi connectivity index (χ3n) is 2.97. The van der Waals surface area contributed by atoms with E-state index in [4.69, 9.17) is 5.11 Å². The van der Waals surface area contributed by atoms with Crippen LogP contribution in [0.5, 0.6) is 0 Å². The lowest BCUT2D eigenvalue weighted by Crippen LogP contribution is -2.35. The molecule has 0 fully saturated rings. The molecule has 0 radical (unpaired) electrons. The maximum absolute atomic E-state index is 12.0. The lowest BCUT2D eigenvalue weighted by molar-refractivity contribution is -0.141. The molecule has 0 aromatic carbocycles. The monoisotopic (exact) mass is 287 g/mol. The fourth-order valence-corrected chi connectivity index (χ4v) is 1.89. The highest BCUT2D eigenvalue weighted by molar-refractivity contribution is 5.80. The van der Waals surface area contributed by atoms with Crippen LogP contribution in [0.2, 0.25) is 0 Å². The summed E-state index contributed by atoms with van der Waals surface area (Å²) >= 11 is 0. The van der Waals surface area contributed by atoms with Crippen LogP contribution in [-0.4, -0.2) is 86.1 Å². The summed E-state index contributed by atoms with van der Waals surface area (Å²) in [4.78, 5) is 28.6. The van der Waals surface area contributed by atoms with E-state index in [9.17, 15) is 9.59 Å². The smallest absolute Gasteiger partial charge is 0.303 e. The van der Waals surface area contributed by atoms with Crippen molar-refractivity contribution < 1.29 is 14.7 Å². The van der Waals surface area contributed by atoms with Crippen LogP contribution in [0.3, 0.4) is 0 Å². The van der Waals surface area contributed by atoms with Gasteiger partial charge in [-0.1, -0.05) is 0 Å². The first kappa shape index (κ1) is 18.9. The van der Waals surface area contributed by atoms with Crippen molar-refractivity contribution in [2.24, 2.45) is 0 Å². The van der Waals surface area contributed by atoms with Crippen molar-refractivity contribution in [3.63, 3.8) is 0 Å². The van der Waals surface area contributed by atoms with E-state index in [0.717, 1.165) is 25.9 Å². The first-order chi connectivity index (χ1) is 9.32. The molecule has 1 amide bonds. The van der Waals surface area contributed by atoms with Gasteiger partial charge in [0.15, 0.2) is 0 Å². The molecule has 6 heteroatoms. The van der Waals surface area contributed by atoms with Crippen LogP contribution >= 0.6 is 0 Å². The summed E-state index contributed by atoms with van der Waals surface area (Å²) in [6.45, 7) is 3.25. The van der Waals surface area contributed by atoms with E-state index in [1.54, 1.807) is 4.90 Å². The number of aliphatic carboxylic acids is 1. The van der Waals surface area contributed by atoms with Gasteiger partial charge in [-0.25, -0.2) is 0 Å². The van der Waals surface area contributed by atoms with Gasteiger partial charge in [0.05, 0.1) is 6.42 Å². The Bertz CT molecular complexity index is 279. The number of carbonyl (C=O) groups excluding carboxylic acids is 1. The van der Waals surface area contributed by atoms with Crippen LogP contribution in [0.25, 0.3) is 0 Å². The standard InChI is InChI=1S/C14H29N3O3/c1-15(2)9-5-11-17(12-6-10-16(3)4)13(18)7-8-14(19)20/h5-12H2,1-4H3,(H,19,20). The zero-order valence-corrected chi connectivity index (χ0v) is 13.3. The number of rotatable bonds is 11. The third kappa shape index (κ3) is 10.8. The van der Waals surface area contributed by atoms with Crippen LogP contribution in [0.4, 0.5) is 0 Å². The Morgan fingerprint density at radius 2 is 1.25 bits per heavy atom. The minimum Gasteiger partial charge on any atom is -0.481 e. The minimum atomic E-state index is -0.917. The number of carboxylic acid groups (broad SMARTS) is 1. The molecule has 0 saturated heterocycles. The van der Waals surface area contributed by atoms with Gasteiger partial charge < -0.3 is 19.8 Å². The van der Waals surface area contributed by atoms with Crippen LogP contribution in [-0.2, 0) is 9.59 Å². The fraction of sp³-hybridized carbons (Fsp3) is 0.857. The van der Waals surface area contributed by atoms with E-state index in [1.165, 1.54) is 0 Å². The molecule has 0 unspecified atom stereocenters. The molecule has 0 atom stereocenters. The number of hydrogen-bond donors (Lipinski definition) is 1. The summed E-state index contributed by atoms with van der Waals surface area (Å²) < 4.78 is 0. The topological polar surface area (TPSA) is 64.1 Å². The van der Waals surface area contributed by atoms with Crippen LogP contribution in [0.1, 0.15) is 25.7 Å². The fourth-order valence-electron chi connectivity index (χ4n) is 1.89. The maximum atomic E-state index is 12.0. The highest BCUT2D eigenvalue weighted by Gasteiger charge is 2.14. The van der Waals surface area contributed by atoms with Crippen LogP contribution < -0.4 is 0 Å². The van der Waals surface area contributed by atoms with Gasteiger partial charge in [0, 0.05) is 19.5 Å². The maximum Gasteiger partial charge on any atom is 0.303 e. The zero-order valence-electron chi connectivity index (χ0n) is 13.3. The molecule has 20 heavy (non-hydrogen) atoms. The minimum absolute atomic E-state index is 0.0510. The molecule has 0 aromatic rings. The van der Waals surface area contributed by atoms with Crippen molar-refractivity contribution in [2.45, 2.75) is 25.7 Å². The Morgan fingerprint density at radius 3 is 1.60 bits per heavy atom. The molecule has 0 aliphatic heterocycles. The SMILES string of the molecule is CN(C)CCCN(CCCN(C)C)C(=O)CCC(=O)O. The first-order valence-corrected chi connectivity index (χ1v) is 7.12. The summed E-state index contributed by atoms with van der Waals surface area (Å²) in [5.41, 5.74) is 0. The van der Waals surface area contributed by atoms with Gasteiger partial charge in [0.25, 0.3) is 0 Å². The quantitative estimate of drug-likeness (QED) is 0.602. The third-order valence-corrected chi connectivity index (χ3v) is 2.97. The second-order valence-corrected chi connectivity index (χ2v) is 5.59. The van der Waals surface area contributed by atoms with Gasteiger partial charge in [-0.15, -0.1) is 0 Å². The second kappa shape index (κ2) is 10.6. The molecule has 1 N–H and O–H groups in total. The molecule has 0 aromatic heterocycles. The van der Waals surface area contributed by atoms with Crippen molar-refractivity contribution >= 4 is 11.9 Å². The molecule has 0 heterocycles. The number of carboxylic acids is 1. The van der Waals surface area contributed by atoms with Crippen molar-refractivity contribution in [1.29, 1.82) is 0 Å². The average molecular weight is 287 g/mol. The van der Waals surface area contributed by atoms with Gasteiger partial charge in [0.1, 0.15) is 0 Å². The molecule has 0 aliphatic rings. The average Bonchev–Trinajstić information content (AvgIpc) is 2.33. The molecule has 0 rings (SSSR count). The van der Waals surface area contributed by atoms with Crippen molar-refractivity contribution in [3.8, 4) is 0 Å². The van der Waals surface area contributed by atoms with E-state index in [-0.39, 0.29) is 18.7 Å². The summed E-state index contributed by atoms with van der Waals surface area (Å²) in [6.07, 6.45) is 1.83. The van der Waals surface area contributed by atoms with Gasteiger partial charge in [-0.3, -0.25) is 9.59 Å². The lowest BCUT2D eigenvalue weighted by Gasteiger charge is -2.24. The predicted molar refractivity (Wildman–Crippen MR) is 79.8 cm³/mol. The lowest BCUT2D eigenvalue weighted by atomic mass is 10.2. The van der Waals surface area contributed by atoms with Gasteiger partial charge in [0.2, 0.25) is 5.91 Å². The Labute approximate surface area is 122 Å². The molecular weight excluding hydrogens is 258 g/mol. The summed E-state index contributed by atoms with van der Waals surface area (Å²) in [6, 6.07) is 0. The number of amides is 1. The largest absolute Gasteiger partial charge is 0.481 e. The van der Waals surface area contributed by atoms with E-state index < -0.39 is 5.97 Å².